The molecule has 6 heteroatoms. The van der Waals surface area contributed by atoms with E-state index < -0.39 is 11.7 Å². The largest absolute Gasteiger partial charge is 0.416 e. The molecule has 2 N–H and O–H groups in total. The smallest absolute Gasteiger partial charge is 0.369 e. The standard InChI is InChI=1S/C15H22F3N3/c1-11-10-21(8-7-20(11)2)13-4-3-12(5-6-19)14(9-13)15(16,17)18/h3-4,9,11H,5-8,10,19H2,1-2H3. The normalized spacial score (nSPS) is 20.9. The van der Waals surface area contributed by atoms with Gasteiger partial charge < -0.3 is 15.5 Å². The number of rotatable bonds is 3. The van der Waals surface area contributed by atoms with Crippen molar-refractivity contribution in [3.63, 3.8) is 0 Å². The van der Waals surface area contributed by atoms with Crippen LogP contribution in [0.3, 0.4) is 0 Å². The number of nitrogens with two attached hydrogens (primary N) is 1. The van der Waals surface area contributed by atoms with Gasteiger partial charge in [0.15, 0.2) is 0 Å². The lowest BCUT2D eigenvalue weighted by Gasteiger charge is -2.39. The molecule has 1 saturated heterocycles. The molecule has 1 aliphatic rings. The Hall–Kier alpha value is -1.27. The van der Waals surface area contributed by atoms with Gasteiger partial charge in [-0.3, -0.25) is 0 Å². The molecule has 1 aromatic carbocycles. The van der Waals surface area contributed by atoms with Gasteiger partial charge in [-0.25, -0.2) is 0 Å². The van der Waals surface area contributed by atoms with Crippen LogP contribution in [0.1, 0.15) is 18.1 Å². The fraction of sp³-hybridized carbons (Fsp3) is 0.600. The van der Waals surface area contributed by atoms with Crippen molar-refractivity contribution in [1.29, 1.82) is 0 Å². The molecule has 1 atom stereocenters. The molecular formula is C15H22F3N3. The molecule has 0 radical (unpaired) electrons. The average Bonchev–Trinajstić information content (AvgIpc) is 2.41. The van der Waals surface area contributed by atoms with Crippen molar-refractivity contribution in [3.05, 3.63) is 29.3 Å². The molecule has 1 aromatic rings. The van der Waals surface area contributed by atoms with Crippen LogP contribution >= 0.6 is 0 Å². The molecule has 0 spiro atoms. The summed E-state index contributed by atoms with van der Waals surface area (Å²) in [6.45, 7) is 4.64. The van der Waals surface area contributed by atoms with Crippen LogP contribution < -0.4 is 10.6 Å². The lowest BCUT2D eigenvalue weighted by atomic mass is 10.0. The van der Waals surface area contributed by atoms with Gasteiger partial charge in [0.25, 0.3) is 0 Å². The van der Waals surface area contributed by atoms with Crippen LogP contribution in [0.15, 0.2) is 18.2 Å². The minimum Gasteiger partial charge on any atom is -0.369 e. The number of halogens is 3. The Bertz CT molecular complexity index is 488. The van der Waals surface area contributed by atoms with Crippen molar-refractivity contribution in [3.8, 4) is 0 Å². The summed E-state index contributed by atoms with van der Waals surface area (Å²) < 4.78 is 39.6. The summed E-state index contributed by atoms with van der Waals surface area (Å²) in [5, 5.41) is 0. The number of nitrogens with zero attached hydrogens (tertiary/aromatic N) is 2. The quantitative estimate of drug-likeness (QED) is 0.930. The molecule has 21 heavy (non-hydrogen) atoms. The van der Waals surface area contributed by atoms with Crippen molar-refractivity contribution in [2.24, 2.45) is 5.73 Å². The summed E-state index contributed by atoms with van der Waals surface area (Å²) in [5.41, 5.74) is 5.76. The second-order valence-electron chi connectivity index (χ2n) is 5.65. The average molecular weight is 301 g/mol. The van der Waals surface area contributed by atoms with Crippen LogP contribution in [0.2, 0.25) is 0 Å². The number of anilines is 1. The first kappa shape index (κ1) is 16.1. The Morgan fingerprint density at radius 2 is 2.00 bits per heavy atom. The van der Waals surface area contributed by atoms with Crippen LogP contribution in [0.5, 0.6) is 0 Å². The van der Waals surface area contributed by atoms with E-state index in [-0.39, 0.29) is 18.5 Å². The summed E-state index contributed by atoms with van der Waals surface area (Å²) in [5.74, 6) is 0. The fourth-order valence-corrected chi connectivity index (χ4v) is 2.68. The Kier molecular flexibility index (Phi) is 4.78. The molecule has 0 bridgehead atoms. The minimum absolute atomic E-state index is 0.216. The van der Waals surface area contributed by atoms with Crippen molar-refractivity contribution in [2.75, 3.05) is 38.1 Å². The molecule has 0 aliphatic carbocycles. The van der Waals surface area contributed by atoms with Gasteiger partial charge in [-0.15, -0.1) is 0 Å². The van der Waals surface area contributed by atoms with Crippen molar-refractivity contribution in [2.45, 2.75) is 25.6 Å². The molecule has 0 amide bonds. The summed E-state index contributed by atoms with van der Waals surface area (Å²) in [6.07, 6.45) is -4.09. The summed E-state index contributed by atoms with van der Waals surface area (Å²) in [7, 11) is 2.04. The lowest BCUT2D eigenvalue weighted by Crippen LogP contribution is -2.50. The minimum atomic E-state index is -4.33. The van der Waals surface area contributed by atoms with Gasteiger partial charge in [0.05, 0.1) is 5.56 Å². The van der Waals surface area contributed by atoms with E-state index >= 15 is 0 Å². The van der Waals surface area contributed by atoms with E-state index in [0.29, 0.717) is 11.7 Å². The number of piperazine rings is 1. The van der Waals surface area contributed by atoms with Gasteiger partial charge >= 0.3 is 6.18 Å². The Morgan fingerprint density at radius 1 is 1.29 bits per heavy atom. The molecule has 1 fully saturated rings. The topological polar surface area (TPSA) is 32.5 Å². The zero-order chi connectivity index (χ0) is 15.6. The second-order valence-corrected chi connectivity index (χ2v) is 5.65. The zero-order valence-corrected chi connectivity index (χ0v) is 12.5. The number of hydrogen-bond donors (Lipinski definition) is 1. The fourth-order valence-electron chi connectivity index (χ4n) is 2.68. The summed E-state index contributed by atoms with van der Waals surface area (Å²) >= 11 is 0. The molecule has 1 heterocycles. The van der Waals surface area contributed by atoms with E-state index in [4.69, 9.17) is 5.73 Å². The Morgan fingerprint density at radius 3 is 2.57 bits per heavy atom. The lowest BCUT2D eigenvalue weighted by molar-refractivity contribution is -0.138. The maximum atomic E-state index is 13.2. The highest BCUT2D eigenvalue weighted by Crippen LogP contribution is 2.35. The van der Waals surface area contributed by atoms with Crippen LogP contribution in [0.25, 0.3) is 0 Å². The maximum absolute atomic E-state index is 13.2. The van der Waals surface area contributed by atoms with Crippen molar-refractivity contribution >= 4 is 5.69 Å². The van der Waals surface area contributed by atoms with Crippen LogP contribution in [0.4, 0.5) is 18.9 Å². The Balaban J connectivity index is 2.29. The molecule has 3 nitrogen and oxygen atoms in total. The predicted molar refractivity (Wildman–Crippen MR) is 78.5 cm³/mol. The highest BCUT2D eigenvalue weighted by molar-refractivity contribution is 5.52. The van der Waals surface area contributed by atoms with Gasteiger partial charge in [0.1, 0.15) is 0 Å². The number of benzene rings is 1. The molecule has 0 aromatic heterocycles. The summed E-state index contributed by atoms with van der Waals surface area (Å²) in [4.78, 5) is 4.23. The highest BCUT2D eigenvalue weighted by Gasteiger charge is 2.34. The highest BCUT2D eigenvalue weighted by atomic mass is 19.4. The first-order valence-corrected chi connectivity index (χ1v) is 7.18. The van der Waals surface area contributed by atoms with E-state index in [1.807, 2.05) is 11.9 Å². The SMILES string of the molecule is CC1CN(c2ccc(CCN)c(C(F)(F)F)c2)CCN1C. The van der Waals surface area contributed by atoms with E-state index in [2.05, 4.69) is 11.8 Å². The van der Waals surface area contributed by atoms with Crippen LogP contribution in [-0.4, -0.2) is 44.2 Å². The number of hydrogen-bond acceptors (Lipinski definition) is 3. The molecule has 118 valence electrons. The van der Waals surface area contributed by atoms with Crippen molar-refractivity contribution < 1.29 is 13.2 Å². The van der Waals surface area contributed by atoms with E-state index in [1.165, 1.54) is 6.07 Å². The predicted octanol–water partition coefficient (Wildman–Crippen LogP) is 2.35. The zero-order valence-electron chi connectivity index (χ0n) is 12.5. The molecule has 1 aliphatic heterocycles. The molecule has 0 saturated carbocycles. The number of alkyl halides is 3. The van der Waals surface area contributed by atoms with Gasteiger partial charge in [-0.1, -0.05) is 6.07 Å². The second kappa shape index (κ2) is 6.23. The van der Waals surface area contributed by atoms with Crippen LogP contribution in [0, 0.1) is 0 Å². The number of likely N-dealkylation sites (N-methyl/N-ethyl adjacent to an activating group) is 1. The molecule has 1 unspecified atom stereocenters. The van der Waals surface area contributed by atoms with Gasteiger partial charge in [0, 0.05) is 31.4 Å². The first-order valence-electron chi connectivity index (χ1n) is 7.18. The van der Waals surface area contributed by atoms with Gasteiger partial charge in [-0.05, 0) is 44.6 Å². The van der Waals surface area contributed by atoms with E-state index in [1.54, 1.807) is 12.1 Å². The van der Waals surface area contributed by atoms with Crippen molar-refractivity contribution in [1.82, 2.24) is 4.90 Å². The summed E-state index contributed by atoms with van der Waals surface area (Å²) in [6, 6.07) is 4.94. The van der Waals surface area contributed by atoms with Gasteiger partial charge in [0.2, 0.25) is 0 Å². The van der Waals surface area contributed by atoms with Crippen LogP contribution in [-0.2, 0) is 12.6 Å². The maximum Gasteiger partial charge on any atom is 0.416 e. The first-order chi connectivity index (χ1) is 9.82. The Labute approximate surface area is 123 Å². The third-order valence-electron chi connectivity index (χ3n) is 4.14. The van der Waals surface area contributed by atoms with E-state index in [9.17, 15) is 13.2 Å². The van der Waals surface area contributed by atoms with E-state index in [0.717, 1.165) is 19.6 Å². The third-order valence-corrected chi connectivity index (χ3v) is 4.14. The third kappa shape index (κ3) is 3.68. The molecule has 2 rings (SSSR count). The molecular weight excluding hydrogens is 279 g/mol. The monoisotopic (exact) mass is 301 g/mol. The van der Waals surface area contributed by atoms with Gasteiger partial charge in [-0.2, -0.15) is 13.2 Å².